The van der Waals surface area contributed by atoms with Crippen LogP contribution in [-0.4, -0.2) is 28.6 Å². The van der Waals surface area contributed by atoms with Crippen molar-refractivity contribution in [1.82, 2.24) is 4.57 Å². The third-order valence-corrected chi connectivity index (χ3v) is 5.42. The minimum Gasteiger partial charge on any atom is -0.486 e. The number of nitro groups is 1. The van der Waals surface area contributed by atoms with Gasteiger partial charge in [0.15, 0.2) is 16.3 Å². The fourth-order valence-electron chi connectivity index (χ4n) is 3.05. The van der Waals surface area contributed by atoms with E-state index in [0.717, 1.165) is 10.2 Å². The summed E-state index contributed by atoms with van der Waals surface area (Å²) in [6.45, 7) is 5.27. The molecule has 9 heteroatoms. The number of hydrogen-bond acceptors (Lipinski definition) is 6. The van der Waals surface area contributed by atoms with E-state index in [1.54, 1.807) is 18.2 Å². The number of ether oxygens (including phenoxy) is 2. The summed E-state index contributed by atoms with van der Waals surface area (Å²) in [6, 6.07) is 9.68. The first-order chi connectivity index (χ1) is 14.0. The van der Waals surface area contributed by atoms with E-state index in [2.05, 4.69) is 11.6 Å². The summed E-state index contributed by atoms with van der Waals surface area (Å²) >= 11 is 1.38. The normalized spacial score (nSPS) is 13.4. The molecule has 3 aromatic rings. The van der Waals surface area contributed by atoms with Gasteiger partial charge in [-0.3, -0.25) is 14.9 Å². The van der Waals surface area contributed by atoms with E-state index in [0.29, 0.717) is 41.6 Å². The van der Waals surface area contributed by atoms with Gasteiger partial charge >= 0.3 is 0 Å². The number of nitro benzene ring substituents is 1. The van der Waals surface area contributed by atoms with Gasteiger partial charge in [-0.1, -0.05) is 29.5 Å². The molecule has 29 heavy (non-hydrogen) atoms. The van der Waals surface area contributed by atoms with E-state index in [-0.39, 0.29) is 18.0 Å². The number of non-ortho nitro benzene ring substituents is 1. The summed E-state index contributed by atoms with van der Waals surface area (Å²) in [6.07, 6.45) is 1.80. The molecular weight excluding hydrogens is 394 g/mol. The lowest BCUT2D eigenvalue weighted by Gasteiger charge is -2.18. The van der Waals surface area contributed by atoms with Gasteiger partial charge in [0.1, 0.15) is 13.2 Å². The molecule has 1 aliphatic rings. The number of allylic oxidation sites excluding steroid dienone is 1. The number of carbonyl (C=O) groups excluding carboxylic acids is 1. The number of thiazole rings is 1. The lowest BCUT2D eigenvalue weighted by atomic mass is 10.1. The van der Waals surface area contributed by atoms with Crippen molar-refractivity contribution in [2.75, 3.05) is 13.2 Å². The lowest BCUT2D eigenvalue weighted by molar-refractivity contribution is -0.384. The van der Waals surface area contributed by atoms with Crippen molar-refractivity contribution < 1.29 is 19.2 Å². The summed E-state index contributed by atoms with van der Waals surface area (Å²) < 4.78 is 14.1. The Kier molecular flexibility index (Phi) is 5.13. The summed E-state index contributed by atoms with van der Waals surface area (Å²) in [5.41, 5.74) is 1.54. The number of carbonyl (C=O) groups is 1. The second-order valence-electron chi connectivity index (χ2n) is 6.35. The van der Waals surface area contributed by atoms with E-state index >= 15 is 0 Å². The number of hydrogen-bond donors (Lipinski definition) is 0. The molecule has 148 valence electrons. The molecular formula is C20H17N3O5S. The van der Waals surface area contributed by atoms with Crippen molar-refractivity contribution >= 4 is 33.1 Å². The van der Waals surface area contributed by atoms with Crippen molar-refractivity contribution in [2.24, 2.45) is 4.99 Å². The molecule has 1 aromatic heterocycles. The number of fused-ring (bicyclic) bond motifs is 2. The number of amides is 1. The molecule has 1 amide bonds. The largest absolute Gasteiger partial charge is 0.486 e. The Labute approximate surface area is 169 Å². The third kappa shape index (κ3) is 3.90. The molecule has 0 saturated heterocycles. The van der Waals surface area contributed by atoms with Crippen molar-refractivity contribution in [3.05, 3.63) is 69.5 Å². The SMILES string of the molecule is C=CCn1c(=NC(=O)Cc2ccc([N+](=O)[O-])cc2)sc2cc3c(cc21)OCCO3. The average Bonchev–Trinajstić information content (AvgIpc) is 3.03. The topological polar surface area (TPSA) is 96.0 Å². The van der Waals surface area contributed by atoms with Crippen LogP contribution >= 0.6 is 11.3 Å². The highest BCUT2D eigenvalue weighted by atomic mass is 32.1. The summed E-state index contributed by atoms with van der Waals surface area (Å²) in [5.74, 6) is 1.02. The molecule has 1 aliphatic heterocycles. The van der Waals surface area contributed by atoms with Crippen LogP contribution in [0.3, 0.4) is 0 Å². The maximum Gasteiger partial charge on any atom is 0.269 e. The third-order valence-electron chi connectivity index (χ3n) is 4.38. The zero-order chi connectivity index (χ0) is 20.4. The van der Waals surface area contributed by atoms with Crippen LogP contribution in [0.25, 0.3) is 10.2 Å². The Morgan fingerprint density at radius 2 is 1.93 bits per heavy atom. The molecule has 4 rings (SSSR count). The zero-order valence-electron chi connectivity index (χ0n) is 15.4. The molecule has 0 atom stereocenters. The van der Waals surface area contributed by atoms with Crippen molar-refractivity contribution in [3.63, 3.8) is 0 Å². The van der Waals surface area contributed by atoms with E-state index in [1.165, 1.54) is 23.5 Å². The Morgan fingerprint density at radius 3 is 2.59 bits per heavy atom. The summed E-state index contributed by atoms with van der Waals surface area (Å²) in [4.78, 5) is 27.6. The lowest BCUT2D eigenvalue weighted by Crippen LogP contribution is -2.17. The van der Waals surface area contributed by atoms with E-state index in [9.17, 15) is 14.9 Å². The van der Waals surface area contributed by atoms with Gasteiger partial charge in [0.2, 0.25) is 0 Å². The highest BCUT2D eigenvalue weighted by Crippen LogP contribution is 2.35. The van der Waals surface area contributed by atoms with Crippen LogP contribution in [0, 0.1) is 10.1 Å². The van der Waals surface area contributed by atoms with Crippen molar-refractivity contribution in [2.45, 2.75) is 13.0 Å². The number of nitrogens with zero attached hydrogens (tertiary/aromatic N) is 3. The van der Waals surface area contributed by atoms with Crippen LogP contribution in [0.2, 0.25) is 0 Å². The zero-order valence-corrected chi connectivity index (χ0v) is 16.2. The highest BCUT2D eigenvalue weighted by Gasteiger charge is 2.16. The van der Waals surface area contributed by atoms with Gasteiger partial charge in [-0.2, -0.15) is 4.99 Å². The van der Waals surface area contributed by atoms with Crippen LogP contribution in [0.5, 0.6) is 11.5 Å². The Balaban J connectivity index is 1.68. The van der Waals surface area contributed by atoms with Gasteiger partial charge in [0.05, 0.1) is 21.6 Å². The molecule has 2 aromatic carbocycles. The first-order valence-corrected chi connectivity index (χ1v) is 9.71. The summed E-state index contributed by atoms with van der Waals surface area (Å²) in [7, 11) is 0. The Morgan fingerprint density at radius 1 is 1.24 bits per heavy atom. The second-order valence-corrected chi connectivity index (χ2v) is 7.36. The summed E-state index contributed by atoms with van der Waals surface area (Å²) in [5, 5.41) is 10.7. The fraction of sp³-hybridized carbons (Fsp3) is 0.200. The standard InChI is InChI=1S/C20H17N3O5S/c1-2-7-22-15-11-16-17(28-9-8-27-16)12-18(15)29-20(22)21-19(24)10-13-3-5-14(6-4-13)23(25)26/h2-6,11-12H,1,7-10H2. The van der Waals surface area contributed by atoms with Crippen molar-refractivity contribution in [1.29, 1.82) is 0 Å². The Bertz CT molecular complexity index is 1180. The van der Waals surface area contributed by atoms with Gasteiger partial charge < -0.3 is 14.0 Å². The molecule has 0 radical (unpaired) electrons. The average molecular weight is 411 g/mol. The Hall–Kier alpha value is -3.46. The fourth-order valence-corrected chi connectivity index (χ4v) is 4.12. The van der Waals surface area contributed by atoms with E-state index in [4.69, 9.17) is 9.47 Å². The van der Waals surface area contributed by atoms with Gasteiger partial charge in [-0.15, -0.1) is 6.58 Å². The van der Waals surface area contributed by atoms with Gasteiger partial charge in [-0.05, 0) is 5.56 Å². The minimum absolute atomic E-state index is 0.0140. The second kappa shape index (κ2) is 7.88. The quantitative estimate of drug-likeness (QED) is 0.365. The van der Waals surface area contributed by atoms with E-state index < -0.39 is 4.92 Å². The molecule has 2 heterocycles. The van der Waals surface area contributed by atoms with Gasteiger partial charge in [-0.25, -0.2) is 0 Å². The van der Waals surface area contributed by atoms with Crippen LogP contribution in [0.1, 0.15) is 5.56 Å². The van der Waals surface area contributed by atoms with Gasteiger partial charge in [0.25, 0.3) is 11.6 Å². The molecule has 0 N–H and O–H groups in total. The smallest absolute Gasteiger partial charge is 0.269 e. The monoisotopic (exact) mass is 411 g/mol. The molecule has 8 nitrogen and oxygen atoms in total. The first-order valence-electron chi connectivity index (χ1n) is 8.90. The number of rotatable bonds is 5. The molecule has 0 aliphatic carbocycles. The maximum atomic E-state index is 12.5. The molecule has 0 fully saturated rings. The number of benzene rings is 2. The predicted octanol–water partition coefficient (Wildman–Crippen LogP) is 3.24. The molecule has 0 unspecified atom stereocenters. The highest BCUT2D eigenvalue weighted by molar-refractivity contribution is 7.16. The maximum absolute atomic E-state index is 12.5. The van der Waals surface area contributed by atoms with Crippen LogP contribution in [0.15, 0.2) is 54.0 Å². The predicted molar refractivity (Wildman–Crippen MR) is 108 cm³/mol. The minimum atomic E-state index is -0.474. The van der Waals surface area contributed by atoms with E-state index in [1.807, 2.05) is 16.7 Å². The molecule has 0 spiro atoms. The van der Waals surface area contributed by atoms with Crippen LogP contribution < -0.4 is 14.3 Å². The van der Waals surface area contributed by atoms with Crippen molar-refractivity contribution in [3.8, 4) is 11.5 Å². The van der Waals surface area contributed by atoms with Crippen LogP contribution in [0.4, 0.5) is 5.69 Å². The first kappa shape index (κ1) is 18.9. The number of aromatic nitrogens is 1. The molecule has 0 bridgehead atoms. The molecule has 0 saturated carbocycles. The van der Waals surface area contributed by atoms with Gasteiger partial charge in [0, 0.05) is 30.8 Å². The van der Waals surface area contributed by atoms with Crippen LogP contribution in [-0.2, 0) is 17.8 Å².